The standard InChI is InChI=1S/C16H17NO5S3/c1-4-10(2)24(18,19)22-25(20,21)15-7-5-6-13-12(15)8-9-14-16(13)17-11(3)23-14/h5-10H,4H2,1-3H3/p+1. The van der Waals surface area contributed by atoms with Gasteiger partial charge in [-0.15, -0.1) is 3.63 Å². The summed E-state index contributed by atoms with van der Waals surface area (Å²) in [6.07, 6.45) is 0.261. The molecule has 0 aliphatic heterocycles. The highest BCUT2D eigenvalue weighted by atomic mass is 32.3. The van der Waals surface area contributed by atoms with E-state index < -0.39 is 25.5 Å². The molecule has 0 fully saturated rings. The average Bonchev–Trinajstić information content (AvgIpc) is 2.93. The summed E-state index contributed by atoms with van der Waals surface area (Å²) in [7, 11) is -8.68. The van der Waals surface area contributed by atoms with Gasteiger partial charge in [0.25, 0.3) is 10.1 Å². The first kappa shape index (κ1) is 18.2. The molecule has 0 amide bonds. The van der Waals surface area contributed by atoms with Crippen LogP contribution in [0, 0.1) is 6.92 Å². The molecule has 3 aromatic rings. The molecule has 0 saturated heterocycles. The first-order valence-electron chi connectivity index (χ1n) is 7.70. The van der Waals surface area contributed by atoms with Crippen LogP contribution < -0.4 is 4.98 Å². The van der Waals surface area contributed by atoms with Gasteiger partial charge >= 0.3 is 10.1 Å². The van der Waals surface area contributed by atoms with Crippen molar-refractivity contribution in [2.24, 2.45) is 0 Å². The minimum absolute atomic E-state index is 0.156. The van der Waals surface area contributed by atoms with Gasteiger partial charge in [-0.1, -0.05) is 30.4 Å². The van der Waals surface area contributed by atoms with E-state index >= 15 is 0 Å². The Morgan fingerprint density at radius 1 is 1.12 bits per heavy atom. The van der Waals surface area contributed by atoms with Crippen molar-refractivity contribution in [2.75, 3.05) is 0 Å². The monoisotopic (exact) mass is 400 g/mol. The topological polar surface area (TPSA) is 91.7 Å². The van der Waals surface area contributed by atoms with Crippen molar-refractivity contribution in [3.05, 3.63) is 35.3 Å². The van der Waals surface area contributed by atoms with Gasteiger partial charge in [-0.25, -0.2) is 0 Å². The number of fused-ring (bicyclic) bond motifs is 3. The average molecular weight is 401 g/mol. The smallest absolute Gasteiger partial charge is 0.198 e. The molecule has 1 N–H and O–H groups in total. The van der Waals surface area contributed by atoms with Crippen LogP contribution in [0.2, 0.25) is 0 Å². The van der Waals surface area contributed by atoms with E-state index in [4.69, 9.17) is 0 Å². The number of hydrogen-bond donors (Lipinski definition) is 0. The molecule has 1 aromatic heterocycles. The Balaban J connectivity index is 2.20. The lowest BCUT2D eigenvalue weighted by molar-refractivity contribution is -0.346. The number of thiazole rings is 1. The molecule has 1 unspecified atom stereocenters. The fraction of sp³-hybridized carbons (Fsp3) is 0.312. The Labute approximate surface area is 150 Å². The summed E-state index contributed by atoms with van der Waals surface area (Å²) in [5, 5.41) is 1.21. The van der Waals surface area contributed by atoms with E-state index in [1.165, 1.54) is 13.0 Å². The fourth-order valence-electron chi connectivity index (χ4n) is 2.54. The van der Waals surface area contributed by atoms with Crippen molar-refractivity contribution in [3.63, 3.8) is 0 Å². The molecule has 0 aliphatic rings. The summed E-state index contributed by atoms with van der Waals surface area (Å²) in [5.41, 5.74) is 0.821. The first-order chi connectivity index (χ1) is 11.7. The molecular formula is C16H18NO5S3+. The highest BCUT2D eigenvalue weighted by Gasteiger charge is 2.30. The molecule has 0 radical (unpaired) electrons. The molecule has 0 spiro atoms. The quantitative estimate of drug-likeness (QED) is 0.656. The van der Waals surface area contributed by atoms with Crippen molar-refractivity contribution >= 4 is 52.6 Å². The van der Waals surface area contributed by atoms with Crippen LogP contribution in [0.15, 0.2) is 35.2 Å². The van der Waals surface area contributed by atoms with Crippen molar-refractivity contribution in [1.29, 1.82) is 0 Å². The van der Waals surface area contributed by atoms with E-state index in [-0.39, 0.29) is 11.3 Å². The number of rotatable bonds is 5. The zero-order valence-corrected chi connectivity index (χ0v) is 16.4. The normalized spacial score (nSPS) is 14.2. The maximum absolute atomic E-state index is 12.6. The highest BCUT2D eigenvalue weighted by Crippen LogP contribution is 2.32. The summed E-state index contributed by atoms with van der Waals surface area (Å²) >= 11 is 1.57. The van der Waals surface area contributed by atoms with Crippen molar-refractivity contribution in [1.82, 2.24) is 0 Å². The maximum Gasteiger partial charge on any atom is 0.312 e. The molecule has 3 rings (SSSR count). The zero-order valence-electron chi connectivity index (χ0n) is 13.9. The third-order valence-corrected chi connectivity index (χ3v) is 8.73. The molecule has 2 aromatic carbocycles. The Bertz CT molecular complexity index is 1160. The van der Waals surface area contributed by atoms with Gasteiger partial charge < -0.3 is 0 Å². The van der Waals surface area contributed by atoms with E-state index in [1.54, 1.807) is 36.5 Å². The Morgan fingerprint density at radius 2 is 1.84 bits per heavy atom. The molecule has 0 bridgehead atoms. The Morgan fingerprint density at radius 3 is 2.52 bits per heavy atom. The third-order valence-electron chi connectivity index (χ3n) is 4.07. The zero-order chi connectivity index (χ0) is 18.4. The second-order valence-electron chi connectivity index (χ2n) is 5.81. The van der Waals surface area contributed by atoms with Crippen molar-refractivity contribution in [2.45, 2.75) is 37.3 Å². The lowest BCUT2D eigenvalue weighted by Gasteiger charge is -2.12. The summed E-state index contributed by atoms with van der Waals surface area (Å²) in [5.74, 6) is 0. The van der Waals surface area contributed by atoms with E-state index in [1.807, 2.05) is 13.0 Å². The molecule has 0 saturated carbocycles. The van der Waals surface area contributed by atoms with Crippen molar-refractivity contribution in [3.8, 4) is 0 Å². The van der Waals surface area contributed by atoms with E-state index in [0.29, 0.717) is 10.8 Å². The van der Waals surface area contributed by atoms with Gasteiger partial charge in [-0.05, 0) is 31.5 Å². The van der Waals surface area contributed by atoms with Crippen molar-refractivity contribution < 1.29 is 25.4 Å². The SMILES string of the molecule is CCC(C)S(=O)(=O)OS(=O)(=O)c1cccc2c1ccc1sc(C)[nH+]c12. The van der Waals surface area contributed by atoms with Gasteiger partial charge in [0, 0.05) is 12.3 Å². The Hall–Kier alpha value is -1.55. The lowest BCUT2D eigenvalue weighted by atomic mass is 10.1. The number of hydrogen-bond acceptors (Lipinski definition) is 6. The van der Waals surface area contributed by atoms with Gasteiger partial charge in [0.1, 0.15) is 9.60 Å². The first-order valence-corrected chi connectivity index (χ1v) is 11.4. The Kier molecular flexibility index (Phi) is 4.61. The molecule has 1 heterocycles. The van der Waals surface area contributed by atoms with Gasteiger partial charge in [-0.3, -0.25) is 0 Å². The van der Waals surface area contributed by atoms with E-state index in [9.17, 15) is 16.8 Å². The minimum atomic E-state index is -4.46. The summed E-state index contributed by atoms with van der Waals surface area (Å²) in [6, 6.07) is 8.22. The summed E-state index contributed by atoms with van der Waals surface area (Å²) in [6.45, 7) is 5.00. The predicted molar refractivity (Wildman–Crippen MR) is 97.6 cm³/mol. The number of nitrogens with one attached hydrogen (secondary N) is 1. The predicted octanol–water partition coefficient (Wildman–Crippen LogP) is 3.01. The van der Waals surface area contributed by atoms with Crippen LogP contribution >= 0.6 is 11.3 Å². The van der Waals surface area contributed by atoms with Crippen LogP contribution in [0.25, 0.3) is 21.0 Å². The van der Waals surface area contributed by atoms with Crippen LogP contribution in [0.1, 0.15) is 25.3 Å². The van der Waals surface area contributed by atoms with Gasteiger partial charge in [0.05, 0.1) is 10.6 Å². The minimum Gasteiger partial charge on any atom is -0.198 e. The molecule has 6 nitrogen and oxygen atoms in total. The number of H-pyrrole nitrogens is 1. The maximum atomic E-state index is 12.6. The fourth-order valence-corrected chi connectivity index (χ4v) is 6.35. The number of aromatic nitrogens is 1. The van der Waals surface area contributed by atoms with Gasteiger partial charge in [-0.2, -0.15) is 21.8 Å². The van der Waals surface area contributed by atoms with E-state index in [2.05, 4.69) is 8.61 Å². The van der Waals surface area contributed by atoms with Gasteiger partial charge in [0.2, 0.25) is 10.5 Å². The summed E-state index contributed by atoms with van der Waals surface area (Å²) in [4.78, 5) is 3.06. The highest BCUT2D eigenvalue weighted by molar-refractivity contribution is 8.00. The molecule has 9 heteroatoms. The molecule has 134 valence electrons. The van der Waals surface area contributed by atoms with Gasteiger partial charge in [0.15, 0.2) is 0 Å². The van der Waals surface area contributed by atoms with Crippen LogP contribution in [0.3, 0.4) is 0 Å². The molecular weight excluding hydrogens is 382 g/mol. The number of benzene rings is 2. The second-order valence-corrected chi connectivity index (χ2v) is 10.7. The second kappa shape index (κ2) is 6.31. The molecule has 1 atom stereocenters. The third kappa shape index (κ3) is 3.29. The van der Waals surface area contributed by atoms with E-state index in [0.717, 1.165) is 15.2 Å². The van der Waals surface area contributed by atoms with Crippen LogP contribution in [0.5, 0.6) is 0 Å². The van der Waals surface area contributed by atoms with Crippen LogP contribution in [0.4, 0.5) is 0 Å². The molecule has 0 aliphatic carbocycles. The van der Waals surface area contributed by atoms with Crippen LogP contribution in [-0.2, 0) is 23.9 Å². The largest absolute Gasteiger partial charge is 0.312 e. The summed E-state index contributed by atoms with van der Waals surface area (Å²) < 4.78 is 55.0. The lowest BCUT2D eigenvalue weighted by Crippen LogP contribution is -2.23. The number of aromatic amines is 1. The molecule has 25 heavy (non-hydrogen) atoms. The number of aryl methyl sites for hydroxylation is 1. The van der Waals surface area contributed by atoms with Crippen LogP contribution in [-0.4, -0.2) is 22.1 Å².